The van der Waals surface area contributed by atoms with Crippen LogP contribution in [0.4, 0.5) is 15.8 Å². The number of carbonyl (C=O) groups excluding carboxylic acids is 1. The van der Waals surface area contributed by atoms with Gasteiger partial charge >= 0.3 is 5.97 Å². The van der Waals surface area contributed by atoms with E-state index in [0.29, 0.717) is 23.3 Å². The van der Waals surface area contributed by atoms with Gasteiger partial charge in [0.05, 0.1) is 16.8 Å². The van der Waals surface area contributed by atoms with E-state index in [1.807, 2.05) is 0 Å². The minimum Gasteiger partial charge on any atom is -0.478 e. The van der Waals surface area contributed by atoms with Gasteiger partial charge in [-0.05, 0) is 49.6 Å². The molecule has 0 aliphatic carbocycles. The Bertz CT molecular complexity index is 939. The normalized spacial score (nSPS) is 15.7. The Morgan fingerprint density at radius 3 is 2.32 bits per heavy atom. The van der Waals surface area contributed by atoms with Crippen molar-refractivity contribution in [2.75, 3.05) is 36.4 Å². The molecule has 1 aliphatic rings. The van der Waals surface area contributed by atoms with Crippen molar-refractivity contribution >= 4 is 23.3 Å². The van der Waals surface area contributed by atoms with Crippen molar-refractivity contribution in [1.29, 1.82) is 0 Å². The number of carboxylic acids is 1. The fraction of sp³-hybridized carbons (Fsp3) is 0.417. The summed E-state index contributed by atoms with van der Waals surface area (Å²) in [5, 5.41) is 12.3. The quantitative estimate of drug-likeness (QED) is 0.688. The van der Waals surface area contributed by atoms with Crippen LogP contribution in [0.25, 0.3) is 0 Å². The van der Waals surface area contributed by atoms with E-state index in [9.17, 15) is 19.1 Å². The minimum absolute atomic E-state index is 0.0879. The molecule has 31 heavy (non-hydrogen) atoms. The summed E-state index contributed by atoms with van der Waals surface area (Å²) in [6, 6.07) is 11.0. The van der Waals surface area contributed by atoms with Gasteiger partial charge in [-0.15, -0.1) is 0 Å². The van der Waals surface area contributed by atoms with E-state index in [0.717, 1.165) is 32.6 Å². The number of aromatic carboxylic acids is 1. The average molecular weight is 428 g/mol. The van der Waals surface area contributed by atoms with Crippen LogP contribution < -0.4 is 10.2 Å². The number of anilines is 2. The zero-order chi connectivity index (χ0) is 22.5. The molecule has 1 atom stereocenters. The molecular formula is C24H30FN3O3. The van der Waals surface area contributed by atoms with Crippen molar-refractivity contribution < 1.29 is 19.1 Å². The second-order valence-electron chi connectivity index (χ2n) is 8.47. The summed E-state index contributed by atoms with van der Waals surface area (Å²) < 4.78 is 13.8. The molecule has 2 aromatic rings. The molecule has 1 amide bonds. The first-order chi connectivity index (χ1) is 14.8. The molecule has 1 aliphatic heterocycles. The third-order valence-electron chi connectivity index (χ3n) is 5.69. The van der Waals surface area contributed by atoms with Crippen LogP contribution in [0, 0.1) is 11.7 Å². The number of nitrogens with zero attached hydrogens (tertiary/aromatic N) is 2. The summed E-state index contributed by atoms with van der Waals surface area (Å²) in [7, 11) is 0. The van der Waals surface area contributed by atoms with Crippen LogP contribution in [-0.2, 0) is 0 Å². The molecule has 2 aromatic carbocycles. The van der Waals surface area contributed by atoms with Gasteiger partial charge < -0.3 is 15.3 Å². The number of nitrogens with one attached hydrogen (secondary N) is 1. The molecule has 0 aromatic heterocycles. The third kappa shape index (κ3) is 5.61. The summed E-state index contributed by atoms with van der Waals surface area (Å²) >= 11 is 0. The zero-order valence-corrected chi connectivity index (χ0v) is 18.3. The molecule has 1 heterocycles. The number of hydrogen-bond acceptors (Lipinski definition) is 4. The van der Waals surface area contributed by atoms with Crippen molar-refractivity contribution in [1.82, 2.24) is 4.90 Å². The van der Waals surface area contributed by atoms with Crippen molar-refractivity contribution in [3.63, 3.8) is 0 Å². The number of carboxylic acid groups (broad SMARTS) is 1. The zero-order valence-electron chi connectivity index (χ0n) is 18.3. The lowest BCUT2D eigenvalue weighted by molar-refractivity contribution is 0.0696. The smallest absolute Gasteiger partial charge is 0.337 e. The number of benzene rings is 2. The van der Waals surface area contributed by atoms with Crippen LogP contribution >= 0.6 is 0 Å². The molecular weight excluding hydrogens is 397 g/mol. The fourth-order valence-electron chi connectivity index (χ4n) is 4.14. The van der Waals surface area contributed by atoms with E-state index >= 15 is 0 Å². The van der Waals surface area contributed by atoms with Crippen molar-refractivity contribution in [3.8, 4) is 0 Å². The van der Waals surface area contributed by atoms with E-state index in [-0.39, 0.29) is 11.1 Å². The third-order valence-corrected chi connectivity index (χ3v) is 5.69. The standard InChI is InChI=1S/C24H30FN3O3/c1-16(2)14-17(3)27-10-12-28(13-11-27)22-9-8-18(15-20(22)24(30)31)26-23(29)19-6-4-5-7-21(19)25/h4-9,15-17H,10-14H2,1-3H3,(H,26,29)(H,30,31)/t17-/m1/s1. The predicted molar refractivity (Wildman–Crippen MR) is 120 cm³/mol. The molecule has 6 nitrogen and oxygen atoms in total. The summed E-state index contributed by atoms with van der Waals surface area (Å²) in [4.78, 5) is 28.8. The van der Waals surface area contributed by atoms with Crippen LogP contribution in [0.3, 0.4) is 0 Å². The van der Waals surface area contributed by atoms with E-state index in [1.165, 1.54) is 24.3 Å². The van der Waals surface area contributed by atoms with Gasteiger partial charge in [0, 0.05) is 37.9 Å². The second-order valence-corrected chi connectivity index (χ2v) is 8.47. The SMILES string of the molecule is CC(C)C[C@@H](C)N1CCN(c2ccc(NC(=O)c3ccccc3F)cc2C(=O)O)CC1. The highest BCUT2D eigenvalue weighted by atomic mass is 19.1. The number of carbonyl (C=O) groups is 2. The van der Waals surface area contributed by atoms with Gasteiger partial charge in [0.2, 0.25) is 0 Å². The van der Waals surface area contributed by atoms with Gasteiger partial charge in [-0.2, -0.15) is 0 Å². The van der Waals surface area contributed by atoms with Crippen LogP contribution in [0.15, 0.2) is 42.5 Å². The predicted octanol–water partition coefficient (Wildman–Crippen LogP) is 4.33. The molecule has 1 fully saturated rings. The lowest BCUT2D eigenvalue weighted by atomic mass is 10.0. The van der Waals surface area contributed by atoms with Crippen LogP contribution in [-0.4, -0.2) is 54.1 Å². The second kappa shape index (κ2) is 9.92. The van der Waals surface area contributed by atoms with Gasteiger partial charge in [-0.3, -0.25) is 9.69 Å². The van der Waals surface area contributed by atoms with E-state index in [1.54, 1.807) is 18.2 Å². The Balaban J connectivity index is 1.72. The largest absolute Gasteiger partial charge is 0.478 e. The molecule has 166 valence electrons. The lowest BCUT2D eigenvalue weighted by Gasteiger charge is -2.40. The molecule has 7 heteroatoms. The van der Waals surface area contributed by atoms with E-state index < -0.39 is 17.7 Å². The number of halogens is 1. The molecule has 1 saturated heterocycles. The first kappa shape index (κ1) is 22.7. The average Bonchev–Trinajstić information content (AvgIpc) is 2.73. The first-order valence-electron chi connectivity index (χ1n) is 10.7. The summed E-state index contributed by atoms with van der Waals surface area (Å²) in [6.07, 6.45) is 1.14. The summed E-state index contributed by atoms with van der Waals surface area (Å²) in [6.45, 7) is 9.91. The van der Waals surface area contributed by atoms with Crippen LogP contribution in [0.1, 0.15) is 47.9 Å². The highest BCUT2D eigenvalue weighted by Crippen LogP contribution is 2.27. The topological polar surface area (TPSA) is 72.9 Å². The van der Waals surface area contributed by atoms with Gasteiger partial charge in [0.25, 0.3) is 5.91 Å². The fourth-order valence-corrected chi connectivity index (χ4v) is 4.14. The molecule has 0 unspecified atom stereocenters. The Hall–Kier alpha value is -2.93. The Morgan fingerprint density at radius 1 is 1.03 bits per heavy atom. The number of rotatable bonds is 7. The highest BCUT2D eigenvalue weighted by Gasteiger charge is 2.25. The van der Waals surface area contributed by atoms with Crippen molar-refractivity contribution in [3.05, 3.63) is 59.4 Å². The van der Waals surface area contributed by atoms with Crippen LogP contribution in [0.2, 0.25) is 0 Å². The monoisotopic (exact) mass is 427 g/mol. The van der Waals surface area contributed by atoms with E-state index in [2.05, 4.69) is 35.9 Å². The summed E-state index contributed by atoms with van der Waals surface area (Å²) in [5.74, 6) is -1.67. The number of amides is 1. The van der Waals surface area contributed by atoms with Gasteiger partial charge in [-0.25, -0.2) is 9.18 Å². The molecule has 3 rings (SSSR count). The molecule has 0 radical (unpaired) electrons. The highest BCUT2D eigenvalue weighted by molar-refractivity contribution is 6.05. The Labute approximate surface area is 182 Å². The van der Waals surface area contributed by atoms with Crippen molar-refractivity contribution in [2.24, 2.45) is 5.92 Å². The molecule has 0 bridgehead atoms. The van der Waals surface area contributed by atoms with Crippen LogP contribution in [0.5, 0.6) is 0 Å². The minimum atomic E-state index is -1.06. The molecule has 2 N–H and O–H groups in total. The molecule has 0 saturated carbocycles. The lowest BCUT2D eigenvalue weighted by Crippen LogP contribution is -2.50. The van der Waals surface area contributed by atoms with Crippen molar-refractivity contribution in [2.45, 2.75) is 33.2 Å². The maximum atomic E-state index is 13.8. The number of piperazine rings is 1. The molecule has 0 spiro atoms. The maximum Gasteiger partial charge on any atom is 0.337 e. The Morgan fingerprint density at radius 2 is 1.71 bits per heavy atom. The maximum absolute atomic E-state index is 13.8. The Kier molecular flexibility index (Phi) is 7.28. The van der Waals surface area contributed by atoms with E-state index in [4.69, 9.17) is 0 Å². The summed E-state index contributed by atoms with van der Waals surface area (Å²) in [5.41, 5.74) is 0.983. The first-order valence-corrected chi connectivity index (χ1v) is 10.7. The van der Waals surface area contributed by atoms with Gasteiger partial charge in [0.15, 0.2) is 0 Å². The van der Waals surface area contributed by atoms with Gasteiger partial charge in [0.1, 0.15) is 5.82 Å². The van der Waals surface area contributed by atoms with Gasteiger partial charge in [-0.1, -0.05) is 26.0 Å². The number of hydrogen-bond donors (Lipinski definition) is 2.